The second-order valence-electron chi connectivity index (χ2n) is 3.54. The van der Waals surface area contributed by atoms with Gasteiger partial charge in [0, 0.05) is 25.5 Å². The fourth-order valence-corrected chi connectivity index (χ4v) is 1.48. The van der Waals surface area contributed by atoms with Gasteiger partial charge in [-0.3, -0.25) is 0 Å². The summed E-state index contributed by atoms with van der Waals surface area (Å²) in [7, 11) is 0. The summed E-state index contributed by atoms with van der Waals surface area (Å²) in [5, 5.41) is 0. The molecule has 0 spiro atoms. The van der Waals surface area contributed by atoms with Gasteiger partial charge in [0.2, 0.25) is 0 Å². The molecule has 80 valence electrons. The first-order valence-electron chi connectivity index (χ1n) is 5.18. The van der Waals surface area contributed by atoms with Crippen LogP contribution < -0.4 is 0 Å². The quantitative estimate of drug-likeness (QED) is 0.693. The molecule has 0 aromatic carbocycles. The lowest BCUT2D eigenvalue weighted by Gasteiger charge is -2.24. The molecule has 0 saturated carbocycles. The number of rotatable bonds is 4. The maximum absolute atomic E-state index is 5.59. The van der Waals surface area contributed by atoms with Gasteiger partial charge >= 0.3 is 0 Å². The van der Waals surface area contributed by atoms with Crippen molar-refractivity contribution in [2.45, 2.75) is 0 Å². The molecule has 3 heteroatoms. The van der Waals surface area contributed by atoms with E-state index >= 15 is 0 Å². The highest BCUT2D eigenvalue weighted by molar-refractivity contribution is 5.08. The SMILES string of the molecule is C1=CCN(COCN2C=CC=CC2)C=C1. The summed E-state index contributed by atoms with van der Waals surface area (Å²) in [6.45, 7) is 3.17. The van der Waals surface area contributed by atoms with Crippen molar-refractivity contribution in [2.75, 3.05) is 26.6 Å². The average molecular weight is 204 g/mol. The van der Waals surface area contributed by atoms with E-state index in [2.05, 4.69) is 34.1 Å². The van der Waals surface area contributed by atoms with E-state index in [4.69, 9.17) is 4.74 Å². The van der Waals surface area contributed by atoms with Crippen molar-refractivity contribution in [3.63, 3.8) is 0 Å². The highest BCUT2D eigenvalue weighted by Crippen LogP contribution is 2.01. The van der Waals surface area contributed by atoms with Gasteiger partial charge in [-0.1, -0.05) is 24.3 Å². The topological polar surface area (TPSA) is 15.7 Å². The molecule has 0 amide bonds. The molecule has 0 atom stereocenters. The van der Waals surface area contributed by atoms with Gasteiger partial charge in [0.15, 0.2) is 0 Å². The van der Waals surface area contributed by atoms with Crippen LogP contribution in [-0.4, -0.2) is 36.4 Å². The van der Waals surface area contributed by atoms with Crippen LogP contribution in [0.15, 0.2) is 48.9 Å². The van der Waals surface area contributed by atoms with Crippen LogP contribution in [0.4, 0.5) is 0 Å². The molecule has 0 aromatic rings. The van der Waals surface area contributed by atoms with Crippen LogP contribution in [0.25, 0.3) is 0 Å². The van der Waals surface area contributed by atoms with Crippen molar-refractivity contribution in [1.29, 1.82) is 0 Å². The molecule has 2 rings (SSSR count). The fourth-order valence-electron chi connectivity index (χ4n) is 1.48. The Bertz CT molecular complexity index is 275. The molecule has 2 aliphatic heterocycles. The van der Waals surface area contributed by atoms with Crippen LogP contribution in [0.3, 0.4) is 0 Å². The van der Waals surface area contributed by atoms with E-state index in [0.717, 1.165) is 13.1 Å². The lowest BCUT2D eigenvalue weighted by molar-refractivity contribution is 0.00765. The molecule has 0 N–H and O–H groups in total. The van der Waals surface area contributed by atoms with Crippen LogP contribution in [0.2, 0.25) is 0 Å². The molecule has 0 aliphatic carbocycles. The van der Waals surface area contributed by atoms with Gasteiger partial charge in [0.25, 0.3) is 0 Å². The highest BCUT2D eigenvalue weighted by Gasteiger charge is 2.02. The second-order valence-corrected chi connectivity index (χ2v) is 3.54. The van der Waals surface area contributed by atoms with Gasteiger partial charge in [0.1, 0.15) is 13.5 Å². The van der Waals surface area contributed by atoms with Crippen molar-refractivity contribution in [3.05, 3.63) is 48.9 Å². The Balaban J connectivity index is 1.62. The van der Waals surface area contributed by atoms with Gasteiger partial charge in [0.05, 0.1) is 0 Å². The number of allylic oxidation sites excluding steroid dienone is 4. The minimum Gasteiger partial charge on any atom is -0.351 e. The summed E-state index contributed by atoms with van der Waals surface area (Å²) < 4.78 is 5.59. The molecule has 0 radical (unpaired) electrons. The van der Waals surface area contributed by atoms with E-state index in [0.29, 0.717) is 13.5 Å². The van der Waals surface area contributed by atoms with Crippen LogP contribution in [0.1, 0.15) is 0 Å². The minimum atomic E-state index is 0.648. The van der Waals surface area contributed by atoms with E-state index in [1.807, 2.05) is 24.6 Å². The lowest BCUT2D eigenvalue weighted by Crippen LogP contribution is -2.28. The van der Waals surface area contributed by atoms with E-state index in [-0.39, 0.29) is 0 Å². The molecular weight excluding hydrogens is 188 g/mol. The van der Waals surface area contributed by atoms with Gasteiger partial charge in [-0.2, -0.15) is 0 Å². The third-order valence-corrected chi connectivity index (χ3v) is 2.28. The summed E-state index contributed by atoms with van der Waals surface area (Å²) in [6.07, 6.45) is 16.5. The van der Waals surface area contributed by atoms with Crippen molar-refractivity contribution >= 4 is 0 Å². The summed E-state index contributed by atoms with van der Waals surface area (Å²) in [5.74, 6) is 0. The Hall–Kier alpha value is -1.48. The molecule has 0 fully saturated rings. The number of hydrogen-bond acceptors (Lipinski definition) is 3. The van der Waals surface area contributed by atoms with Gasteiger partial charge in [-0.15, -0.1) is 0 Å². The maximum Gasteiger partial charge on any atom is 0.121 e. The normalized spacial score (nSPS) is 18.9. The predicted octanol–water partition coefficient (Wildman–Crippen LogP) is 1.69. The second kappa shape index (κ2) is 5.41. The summed E-state index contributed by atoms with van der Waals surface area (Å²) in [5.41, 5.74) is 0. The Morgan fingerprint density at radius 2 is 1.33 bits per heavy atom. The van der Waals surface area contributed by atoms with Gasteiger partial charge in [-0.05, 0) is 12.2 Å². The zero-order valence-electron chi connectivity index (χ0n) is 8.75. The van der Waals surface area contributed by atoms with Crippen molar-refractivity contribution in [2.24, 2.45) is 0 Å². The highest BCUT2D eigenvalue weighted by atomic mass is 16.5. The summed E-state index contributed by atoms with van der Waals surface area (Å²) in [4.78, 5) is 4.26. The minimum absolute atomic E-state index is 0.648. The van der Waals surface area contributed by atoms with E-state index in [1.165, 1.54) is 0 Å². The number of hydrogen-bond donors (Lipinski definition) is 0. The summed E-state index contributed by atoms with van der Waals surface area (Å²) in [6, 6.07) is 0. The Labute approximate surface area is 90.6 Å². The van der Waals surface area contributed by atoms with Gasteiger partial charge in [-0.25, -0.2) is 0 Å². The van der Waals surface area contributed by atoms with E-state index in [1.54, 1.807) is 0 Å². The van der Waals surface area contributed by atoms with E-state index < -0.39 is 0 Å². The van der Waals surface area contributed by atoms with Crippen LogP contribution >= 0.6 is 0 Å². The largest absolute Gasteiger partial charge is 0.351 e. The molecule has 15 heavy (non-hydrogen) atoms. The molecule has 2 heterocycles. The Morgan fingerprint density at radius 1 is 0.800 bits per heavy atom. The molecule has 2 aliphatic rings. The molecular formula is C12H16N2O. The standard InChI is InChI=1S/C12H16N2O/c1-3-7-13(8-4-1)11-15-12-14-9-5-2-6-10-14/h1-7,9H,8,10-12H2. The zero-order valence-corrected chi connectivity index (χ0v) is 8.75. The first kappa shape index (κ1) is 10.1. The monoisotopic (exact) mass is 204 g/mol. The predicted molar refractivity (Wildman–Crippen MR) is 60.8 cm³/mol. The average Bonchev–Trinajstić information content (AvgIpc) is 2.32. The first-order valence-corrected chi connectivity index (χ1v) is 5.18. The van der Waals surface area contributed by atoms with Crippen molar-refractivity contribution in [3.8, 4) is 0 Å². The molecule has 0 aromatic heterocycles. The van der Waals surface area contributed by atoms with Crippen molar-refractivity contribution in [1.82, 2.24) is 9.80 Å². The van der Waals surface area contributed by atoms with Gasteiger partial charge < -0.3 is 14.5 Å². The molecule has 3 nitrogen and oxygen atoms in total. The Kier molecular flexibility index (Phi) is 3.63. The van der Waals surface area contributed by atoms with Crippen LogP contribution in [-0.2, 0) is 4.74 Å². The third kappa shape index (κ3) is 3.29. The zero-order chi connectivity index (χ0) is 10.3. The lowest BCUT2D eigenvalue weighted by atomic mass is 10.4. The smallest absolute Gasteiger partial charge is 0.121 e. The fraction of sp³-hybridized carbons (Fsp3) is 0.333. The number of ether oxygens (including phenoxy) is 1. The molecule has 0 saturated heterocycles. The Morgan fingerprint density at radius 3 is 1.73 bits per heavy atom. The number of nitrogens with zero attached hydrogens (tertiary/aromatic N) is 2. The third-order valence-electron chi connectivity index (χ3n) is 2.28. The molecule has 0 unspecified atom stereocenters. The van der Waals surface area contributed by atoms with E-state index in [9.17, 15) is 0 Å². The maximum atomic E-state index is 5.59. The first-order chi connectivity index (χ1) is 7.45. The van der Waals surface area contributed by atoms with Crippen molar-refractivity contribution < 1.29 is 4.74 Å². The molecule has 0 bridgehead atoms. The van der Waals surface area contributed by atoms with Crippen LogP contribution in [0.5, 0.6) is 0 Å². The summed E-state index contributed by atoms with van der Waals surface area (Å²) >= 11 is 0. The van der Waals surface area contributed by atoms with Crippen LogP contribution in [0, 0.1) is 0 Å².